The first kappa shape index (κ1) is 35.2. The predicted octanol–water partition coefficient (Wildman–Crippen LogP) is 16.5. The van der Waals surface area contributed by atoms with Crippen LogP contribution >= 0.6 is 0 Å². The number of benzene rings is 10. The van der Waals surface area contributed by atoms with Gasteiger partial charge >= 0.3 is 0 Å². The monoisotopic (exact) mass is 765 g/mol. The first-order valence-electron chi connectivity index (χ1n) is 20.5. The summed E-state index contributed by atoms with van der Waals surface area (Å²) in [6, 6.07) is 84.7. The van der Waals surface area contributed by atoms with Crippen LogP contribution in [-0.4, -0.2) is 0 Å². The normalized spacial score (nSPS) is 11.3. The Morgan fingerprint density at radius 1 is 0.267 bits per heavy atom. The van der Waals surface area contributed by atoms with Gasteiger partial charge in [0.15, 0.2) is 0 Å². The van der Waals surface area contributed by atoms with Gasteiger partial charge in [0.1, 0.15) is 11.2 Å². The average molecular weight is 766 g/mol. The Labute approximate surface area is 349 Å². The lowest BCUT2D eigenvalue weighted by Gasteiger charge is -2.26. The zero-order chi connectivity index (χ0) is 39.8. The summed E-state index contributed by atoms with van der Waals surface area (Å²) in [4.78, 5) is 2.33. The molecule has 60 heavy (non-hydrogen) atoms. The standard InChI is InChI=1S/C58H39NO/c1-3-14-42(15-4-1)49-20-7-8-21-50(49)43-30-28-40(29-31-43)41-32-36-47(37-33-41)59(46-18-5-2-6-19-46)48-38-34-44(35-39-48)51-23-11-16-45-17-12-24-53(57(45)51)55-26-13-25-54-52-22-9-10-27-56(52)60-58(54)55/h1-39H. The van der Waals surface area contributed by atoms with E-state index in [2.05, 4.69) is 229 Å². The van der Waals surface area contributed by atoms with E-state index in [1.54, 1.807) is 0 Å². The topological polar surface area (TPSA) is 16.4 Å². The third-order valence-electron chi connectivity index (χ3n) is 11.7. The molecule has 1 aromatic heterocycles. The number of para-hydroxylation sites is 3. The highest BCUT2D eigenvalue weighted by atomic mass is 16.3. The highest BCUT2D eigenvalue weighted by Gasteiger charge is 2.18. The molecular weight excluding hydrogens is 727 g/mol. The van der Waals surface area contributed by atoms with Crippen LogP contribution in [-0.2, 0) is 0 Å². The highest BCUT2D eigenvalue weighted by Crippen LogP contribution is 2.43. The van der Waals surface area contributed by atoms with Crippen molar-refractivity contribution in [3.05, 3.63) is 237 Å². The van der Waals surface area contributed by atoms with Gasteiger partial charge in [0.05, 0.1) is 0 Å². The van der Waals surface area contributed by atoms with Crippen molar-refractivity contribution >= 4 is 49.8 Å². The first-order chi connectivity index (χ1) is 29.8. The van der Waals surface area contributed by atoms with E-state index in [0.29, 0.717) is 0 Å². The molecule has 0 atom stereocenters. The van der Waals surface area contributed by atoms with Crippen molar-refractivity contribution in [2.75, 3.05) is 4.90 Å². The molecule has 10 aromatic carbocycles. The van der Waals surface area contributed by atoms with Gasteiger partial charge in [0.2, 0.25) is 0 Å². The maximum Gasteiger partial charge on any atom is 0.143 e. The third kappa shape index (κ3) is 6.32. The molecule has 0 saturated heterocycles. The van der Waals surface area contributed by atoms with Gasteiger partial charge in [-0.1, -0.05) is 194 Å². The van der Waals surface area contributed by atoms with Crippen molar-refractivity contribution in [3.8, 4) is 55.6 Å². The predicted molar refractivity (Wildman–Crippen MR) is 253 cm³/mol. The second-order valence-corrected chi connectivity index (χ2v) is 15.2. The van der Waals surface area contributed by atoms with E-state index in [-0.39, 0.29) is 0 Å². The largest absolute Gasteiger partial charge is 0.455 e. The molecule has 11 aromatic rings. The summed E-state index contributed by atoms with van der Waals surface area (Å²) < 4.78 is 6.52. The quantitative estimate of drug-likeness (QED) is 0.153. The van der Waals surface area contributed by atoms with Crippen molar-refractivity contribution < 1.29 is 4.42 Å². The molecule has 0 aliphatic heterocycles. The molecule has 0 amide bonds. The van der Waals surface area contributed by atoms with Crippen molar-refractivity contribution in [1.82, 2.24) is 0 Å². The molecule has 2 nitrogen and oxygen atoms in total. The van der Waals surface area contributed by atoms with Gasteiger partial charge in [-0.15, -0.1) is 0 Å². The summed E-state index contributed by atoms with van der Waals surface area (Å²) in [5.74, 6) is 0. The van der Waals surface area contributed by atoms with E-state index in [4.69, 9.17) is 4.42 Å². The molecule has 0 fully saturated rings. The number of nitrogens with zero attached hydrogens (tertiary/aromatic N) is 1. The number of furan rings is 1. The summed E-state index contributed by atoms with van der Waals surface area (Å²) in [5, 5.41) is 4.68. The molecule has 0 bridgehead atoms. The van der Waals surface area contributed by atoms with Crippen LogP contribution in [0.5, 0.6) is 0 Å². The molecule has 0 radical (unpaired) electrons. The molecule has 0 N–H and O–H groups in total. The van der Waals surface area contributed by atoms with Crippen molar-refractivity contribution in [1.29, 1.82) is 0 Å². The lowest BCUT2D eigenvalue weighted by Crippen LogP contribution is -2.09. The fraction of sp³-hybridized carbons (Fsp3) is 0. The Bertz CT molecular complexity index is 3270. The Balaban J connectivity index is 0.928. The van der Waals surface area contributed by atoms with Gasteiger partial charge < -0.3 is 9.32 Å². The van der Waals surface area contributed by atoms with E-state index in [0.717, 1.165) is 55.7 Å². The second kappa shape index (κ2) is 15.1. The number of fused-ring (bicyclic) bond motifs is 4. The van der Waals surface area contributed by atoms with Crippen molar-refractivity contribution in [2.24, 2.45) is 0 Å². The van der Waals surface area contributed by atoms with Crippen LogP contribution in [0, 0.1) is 0 Å². The molecule has 0 aliphatic rings. The van der Waals surface area contributed by atoms with Gasteiger partial charge in [-0.3, -0.25) is 0 Å². The molecule has 0 saturated carbocycles. The van der Waals surface area contributed by atoms with Crippen LogP contribution < -0.4 is 4.90 Å². The van der Waals surface area contributed by atoms with E-state index in [1.165, 1.54) is 49.7 Å². The maximum atomic E-state index is 6.52. The van der Waals surface area contributed by atoms with E-state index < -0.39 is 0 Å². The van der Waals surface area contributed by atoms with Crippen LogP contribution in [0.3, 0.4) is 0 Å². The molecule has 2 heteroatoms. The molecule has 0 spiro atoms. The SMILES string of the molecule is c1ccc(-c2ccccc2-c2ccc(-c3ccc(N(c4ccccc4)c4ccc(-c5cccc6cccc(-c7cccc8c7oc7ccccc78)c56)cc4)cc3)cc2)cc1. The fourth-order valence-electron chi connectivity index (χ4n) is 8.83. The van der Waals surface area contributed by atoms with Crippen molar-refractivity contribution in [2.45, 2.75) is 0 Å². The van der Waals surface area contributed by atoms with Crippen LogP contribution in [0.4, 0.5) is 17.1 Å². The Hall–Kier alpha value is -7.94. The Morgan fingerprint density at radius 3 is 1.38 bits per heavy atom. The molecular formula is C58H39NO. The summed E-state index contributed by atoms with van der Waals surface area (Å²) in [7, 11) is 0. The van der Waals surface area contributed by atoms with Crippen LogP contribution in [0.25, 0.3) is 88.3 Å². The zero-order valence-electron chi connectivity index (χ0n) is 32.9. The molecule has 0 aliphatic carbocycles. The smallest absolute Gasteiger partial charge is 0.143 e. The fourth-order valence-corrected chi connectivity index (χ4v) is 8.83. The minimum atomic E-state index is 0.906. The number of hydrogen-bond donors (Lipinski definition) is 0. The minimum Gasteiger partial charge on any atom is -0.455 e. The Morgan fingerprint density at radius 2 is 0.700 bits per heavy atom. The van der Waals surface area contributed by atoms with Crippen molar-refractivity contribution in [3.63, 3.8) is 0 Å². The van der Waals surface area contributed by atoms with Crippen LogP contribution in [0.2, 0.25) is 0 Å². The maximum absolute atomic E-state index is 6.52. The number of hydrogen-bond acceptors (Lipinski definition) is 2. The molecule has 11 rings (SSSR count). The summed E-state index contributed by atoms with van der Waals surface area (Å²) in [5.41, 5.74) is 17.0. The number of rotatable bonds is 8. The lowest BCUT2D eigenvalue weighted by atomic mass is 9.91. The Kier molecular flexibility index (Phi) is 8.87. The van der Waals surface area contributed by atoms with Gasteiger partial charge in [-0.2, -0.15) is 0 Å². The van der Waals surface area contributed by atoms with Gasteiger partial charge in [-0.05, 0) is 103 Å². The summed E-state index contributed by atoms with van der Waals surface area (Å²) in [6.45, 7) is 0. The molecule has 282 valence electrons. The van der Waals surface area contributed by atoms with E-state index in [1.807, 2.05) is 12.1 Å². The van der Waals surface area contributed by atoms with Crippen LogP contribution in [0.1, 0.15) is 0 Å². The van der Waals surface area contributed by atoms with Gasteiger partial charge in [0.25, 0.3) is 0 Å². The highest BCUT2D eigenvalue weighted by molar-refractivity contribution is 6.14. The minimum absolute atomic E-state index is 0.906. The van der Waals surface area contributed by atoms with E-state index in [9.17, 15) is 0 Å². The first-order valence-corrected chi connectivity index (χ1v) is 20.5. The molecule has 0 unspecified atom stereocenters. The molecule has 1 heterocycles. The zero-order valence-corrected chi connectivity index (χ0v) is 32.9. The van der Waals surface area contributed by atoms with E-state index >= 15 is 0 Å². The second-order valence-electron chi connectivity index (χ2n) is 15.2. The lowest BCUT2D eigenvalue weighted by molar-refractivity contribution is 0.670. The summed E-state index contributed by atoms with van der Waals surface area (Å²) in [6.07, 6.45) is 0. The van der Waals surface area contributed by atoms with Gasteiger partial charge in [-0.25, -0.2) is 0 Å². The third-order valence-corrected chi connectivity index (χ3v) is 11.7. The van der Waals surface area contributed by atoms with Gasteiger partial charge in [0, 0.05) is 33.4 Å². The summed E-state index contributed by atoms with van der Waals surface area (Å²) >= 11 is 0. The number of anilines is 3. The average Bonchev–Trinajstić information content (AvgIpc) is 3.72. The van der Waals surface area contributed by atoms with Crippen LogP contribution in [0.15, 0.2) is 241 Å².